The Morgan fingerprint density at radius 3 is 2.53 bits per heavy atom. The second kappa shape index (κ2) is 7.94. The van der Waals surface area contributed by atoms with Crippen molar-refractivity contribution in [2.24, 2.45) is 5.10 Å². The van der Waals surface area contributed by atoms with Gasteiger partial charge in [-0.15, -0.1) is 4.59 Å². The largest absolute Gasteiger partial charge is 0.416 e. The van der Waals surface area contributed by atoms with Gasteiger partial charge in [-0.3, -0.25) is 4.79 Å². The summed E-state index contributed by atoms with van der Waals surface area (Å²) >= 11 is 0. The van der Waals surface area contributed by atoms with Crippen LogP contribution in [0.5, 0.6) is 0 Å². The maximum absolute atomic E-state index is 12.9. The highest BCUT2D eigenvalue weighted by atomic mass is 19.4. The second-order valence-electron chi connectivity index (χ2n) is 7.45. The molecule has 1 aliphatic rings. The highest BCUT2D eigenvalue weighted by molar-refractivity contribution is 6.07. The minimum Gasteiger partial charge on any atom is -0.348 e. The van der Waals surface area contributed by atoms with E-state index in [1.54, 1.807) is 30.5 Å². The summed E-state index contributed by atoms with van der Waals surface area (Å²) in [6.45, 7) is -0.0487. The monoisotopic (exact) mass is 435 g/mol. The van der Waals surface area contributed by atoms with Crippen LogP contribution in [0.15, 0.2) is 71.8 Å². The molecule has 0 aliphatic carbocycles. The third-order valence-corrected chi connectivity index (χ3v) is 5.42. The number of benzene rings is 3. The molecule has 32 heavy (non-hydrogen) atoms. The van der Waals surface area contributed by atoms with E-state index in [2.05, 4.69) is 16.5 Å². The fourth-order valence-electron chi connectivity index (χ4n) is 3.78. The lowest BCUT2D eigenvalue weighted by atomic mass is 10.0. The maximum Gasteiger partial charge on any atom is 0.416 e. The molecule has 0 saturated carbocycles. The van der Waals surface area contributed by atoms with Gasteiger partial charge in [-0.1, -0.05) is 35.4 Å². The van der Waals surface area contributed by atoms with Crippen molar-refractivity contribution < 1.29 is 18.0 Å². The molecule has 1 atom stereocenters. The number of rotatable bonds is 4. The van der Waals surface area contributed by atoms with E-state index in [1.165, 1.54) is 12.1 Å². The summed E-state index contributed by atoms with van der Waals surface area (Å²) < 4.78 is 38.8. The van der Waals surface area contributed by atoms with Crippen LogP contribution < -0.4 is 9.91 Å². The molecule has 1 unspecified atom stereocenters. The molecule has 3 aromatic rings. The molecule has 5 nitrogen and oxygen atoms in total. The summed E-state index contributed by atoms with van der Waals surface area (Å²) in [5.74, 6) is -0.423. The van der Waals surface area contributed by atoms with Crippen molar-refractivity contribution in [2.75, 3.05) is 7.05 Å². The van der Waals surface area contributed by atoms with Crippen LogP contribution in [0.1, 0.15) is 32.6 Å². The summed E-state index contributed by atoms with van der Waals surface area (Å²) in [4.78, 5) is 12.9. The molecule has 160 valence electrons. The van der Waals surface area contributed by atoms with Gasteiger partial charge in [0.15, 0.2) is 11.4 Å². The third kappa shape index (κ3) is 3.74. The van der Waals surface area contributed by atoms with Crippen LogP contribution in [0, 0.1) is 11.3 Å². The lowest BCUT2D eigenvalue weighted by Gasteiger charge is -2.24. The maximum atomic E-state index is 12.9. The predicted molar refractivity (Wildman–Crippen MR) is 115 cm³/mol. The molecule has 0 saturated heterocycles. The number of nitrogens with one attached hydrogen (secondary N) is 1. The van der Waals surface area contributed by atoms with Crippen molar-refractivity contribution >= 4 is 23.5 Å². The van der Waals surface area contributed by atoms with E-state index in [0.717, 1.165) is 17.8 Å². The normalized spacial score (nSPS) is 17.0. The predicted octanol–water partition coefficient (Wildman–Crippen LogP) is 5.12. The van der Waals surface area contributed by atoms with Crippen LogP contribution in [0.4, 0.5) is 24.5 Å². The number of fused-ring (bicyclic) bond motifs is 1. The van der Waals surface area contributed by atoms with Crippen molar-refractivity contribution in [3.8, 4) is 6.07 Å². The average Bonchev–Trinajstić information content (AvgIpc) is 3.15. The van der Waals surface area contributed by atoms with E-state index in [9.17, 15) is 23.2 Å². The van der Waals surface area contributed by atoms with Crippen molar-refractivity contribution in [2.45, 2.75) is 12.7 Å². The molecule has 4 rings (SSSR count). The number of hydrogen-bond donors (Lipinski definition) is 1. The van der Waals surface area contributed by atoms with Gasteiger partial charge in [0.2, 0.25) is 0 Å². The first-order chi connectivity index (χ1) is 15.2. The van der Waals surface area contributed by atoms with Crippen LogP contribution in [-0.2, 0) is 12.7 Å². The van der Waals surface area contributed by atoms with Gasteiger partial charge in [-0.05, 0) is 29.8 Å². The van der Waals surface area contributed by atoms with Gasteiger partial charge < -0.3 is 5.32 Å². The van der Waals surface area contributed by atoms with Gasteiger partial charge in [0.25, 0.3) is 5.91 Å². The average molecular weight is 435 g/mol. The number of carbonyl (C=O) groups excluding carboxylic acids is 1. The summed E-state index contributed by atoms with van der Waals surface area (Å²) in [5.41, 5.74) is 2.41. The van der Waals surface area contributed by atoms with Crippen molar-refractivity contribution in [1.82, 2.24) is 9.91 Å². The second-order valence-corrected chi connectivity index (χ2v) is 7.45. The zero-order chi connectivity index (χ0) is 22.9. The quantitative estimate of drug-likeness (QED) is 0.578. The van der Waals surface area contributed by atoms with Crippen molar-refractivity contribution in [1.29, 1.82) is 5.26 Å². The molecular weight excluding hydrogens is 417 g/mol. The smallest absolute Gasteiger partial charge is 0.348 e. The highest BCUT2D eigenvalue weighted by Crippen LogP contribution is 2.41. The van der Waals surface area contributed by atoms with Crippen LogP contribution >= 0.6 is 0 Å². The van der Waals surface area contributed by atoms with Crippen LogP contribution in [0.3, 0.4) is 0 Å². The number of alkyl halides is 3. The van der Waals surface area contributed by atoms with Gasteiger partial charge >= 0.3 is 6.18 Å². The van der Waals surface area contributed by atoms with E-state index in [-0.39, 0.29) is 11.1 Å². The van der Waals surface area contributed by atoms with Gasteiger partial charge in [0, 0.05) is 18.7 Å². The Morgan fingerprint density at radius 2 is 1.78 bits per heavy atom. The molecule has 1 amide bonds. The Kier molecular flexibility index (Phi) is 5.28. The summed E-state index contributed by atoms with van der Waals surface area (Å²) in [7, 11) is 1.82. The molecule has 0 fully saturated rings. The van der Waals surface area contributed by atoms with E-state index < -0.39 is 17.6 Å². The van der Waals surface area contributed by atoms with E-state index >= 15 is 0 Å². The fraction of sp³-hybridized carbons (Fsp3) is 0.125. The SMILES string of the molecule is C[N+]1(c2ccccc2C#N)N=Cc2c(C(=O)NCc3cccc(C(F)(F)F)c3)cccc21. The first-order valence-electron chi connectivity index (χ1n) is 9.74. The van der Waals surface area contributed by atoms with Gasteiger partial charge in [-0.2, -0.15) is 18.4 Å². The first-order valence-corrected chi connectivity index (χ1v) is 9.74. The molecule has 1 aliphatic heterocycles. The number of carbonyl (C=O) groups is 1. The number of nitriles is 1. The molecule has 0 radical (unpaired) electrons. The number of nitrogens with zero attached hydrogens (tertiary/aromatic N) is 3. The summed E-state index contributed by atoms with van der Waals surface area (Å²) in [5, 5.41) is 16.7. The van der Waals surface area contributed by atoms with E-state index in [0.29, 0.717) is 27.9 Å². The molecule has 0 bridgehead atoms. The van der Waals surface area contributed by atoms with Gasteiger partial charge in [0.05, 0.1) is 22.9 Å². The summed E-state index contributed by atoms with van der Waals surface area (Å²) in [6, 6.07) is 19.3. The van der Waals surface area contributed by atoms with Gasteiger partial charge in [0.1, 0.15) is 18.7 Å². The zero-order valence-electron chi connectivity index (χ0n) is 17.0. The Morgan fingerprint density at radius 1 is 1.06 bits per heavy atom. The molecule has 3 aromatic carbocycles. The number of quaternary nitrogens is 1. The molecule has 1 N–H and O–H groups in total. The Hall–Kier alpha value is -3.96. The fourth-order valence-corrected chi connectivity index (χ4v) is 3.78. The summed E-state index contributed by atoms with van der Waals surface area (Å²) in [6.07, 6.45) is -2.86. The number of halogens is 3. The Labute approximate surface area is 182 Å². The van der Waals surface area contributed by atoms with Crippen molar-refractivity contribution in [3.05, 3.63) is 94.5 Å². The number of hydrogen-bond acceptors (Lipinski definition) is 3. The zero-order valence-corrected chi connectivity index (χ0v) is 17.0. The highest BCUT2D eigenvalue weighted by Gasteiger charge is 2.39. The minimum absolute atomic E-state index is 0.0200. The van der Waals surface area contributed by atoms with Gasteiger partial charge in [-0.25, -0.2) is 0 Å². The first kappa shape index (κ1) is 21.3. The van der Waals surface area contributed by atoms with E-state index in [1.807, 2.05) is 25.2 Å². The molecule has 8 heteroatoms. The molecule has 0 spiro atoms. The minimum atomic E-state index is -4.45. The number of amides is 1. The standard InChI is InChI=1S/C24H17F3N4O/c1-31(21-10-3-2-7-17(21)13-28)22-11-5-9-19(20(22)15-30-31)23(32)29-14-16-6-4-8-18(12-16)24(25,26)27/h2-12,15H,14H2,1H3/p+1. The lowest BCUT2D eigenvalue weighted by Crippen LogP contribution is -2.32. The van der Waals surface area contributed by atoms with E-state index in [4.69, 9.17) is 0 Å². The third-order valence-electron chi connectivity index (χ3n) is 5.42. The molecule has 0 aromatic heterocycles. The molecule has 1 heterocycles. The Bertz CT molecular complexity index is 1280. The lowest BCUT2D eigenvalue weighted by molar-refractivity contribution is -0.137. The molecular formula is C24H18F3N4O+. The van der Waals surface area contributed by atoms with Crippen LogP contribution in [0.25, 0.3) is 0 Å². The van der Waals surface area contributed by atoms with Crippen LogP contribution in [-0.4, -0.2) is 19.2 Å². The number of para-hydroxylation sites is 1. The van der Waals surface area contributed by atoms with Crippen molar-refractivity contribution in [3.63, 3.8) is 0 Å². The topological polar surface area (TPSA) is 65.2 Å². The van der Waals surface area contributed by atoms with Crippen LogP contribution in [0.2, 0.25) is 0 Å². The Balaban J connectivity index is 1.61.